The highest BCUT2D eigenvalue weighted by atomic mass is 15.2. The fourth-order valence-electron chi connectivity index (χ4n) is 2.46. The summed E-state index contributed by atoms with van der Waals surface area (Å²) in [6.45, 7) is 3.68. The highest BCUT2D eigenvalue weighted by Crippen LogP contribution is 2.22. The van der Waals surface area contributed by atoms with Crippen molar-refractivity contribution in [2.24, 2.45) is 0 Å². The Labute approximate surface area is 126 Å². The van der Waals surface area contributed by atoms with E-state index in [2.05, 4.69) is 45.4 Å². The summed E-state index contributed by atoms with van der Waals surface area (Å²) >= 11 is 0. The van der Waals surface area contributed by atoms with Gasteiger partial charge in [-0.05, 0) is 38.0 Å². The molecule has 2 heterocycles. The fourth-order valence-corrected chi connectivity index (χ4v) is 2.46. The largest absolute Gasteiger partial charge is 0.354 e. The van der Waals surface area contributed by atoms with Crippen molar-refractivity contribution in [1.29, 1.82) is 0 Å². The highest BCUT2D eigenvalue weighted by molar-refractivity contribution is 5.46. The molecule has 0 amide bonds. The zero-order chi connectivity index (χ0) is 14.7. The zero-order valence-electron chi connectivity index (χ0n) is 12.7. The van der Waals surface area contributed by atoms with Crippen molar-refractivity contribution in [2.75, 3.05) is 11.9 Å². The predicted molar refractivity (Wildman–Crippen MR) is 85.2 cm³/mol. The Hall–Kier alpha value is -1.94. The molecule has 2 aromatic rings. The Balaban J connectivity index is 1.72. The van der Waals surface area contributed by atoms with Crippen LogP contribution in [0.3, 0.4) is 0 Å². The average Bonchev–Trinajstić information content (AvgIpc) is 3.29. The Morgan fingerprint density at radius 3 is 2.86 bits per heavy atom. The van der Waals surface area contributed by atoms with Crippen molar-refractivity contribution in [3.05, 3.63) is 53.5 Å². The molecule has 0 aliphatic heterocycles. The second-order valence-corrected chi connectivity index (χ2v) is 5.77. The van der Waals surface area contributed by atoms with Crippen molar-refractivity contribution in [2.45, 2.75) is 38.9 Å². The van der Waals surface area contributed by atoms with Gasteiger partial charge in [-0.1, -0.05) is 12.1 Å². The number of hydrogen-bond acceptors (Lipinski definition) is 4. The van der Waals surface area contributed by atoms with E-state index < -0.39 is 0 Å². The minimum atomic E-state index is 0.710. The first-order chi connectivity index (χ1) is 10.2. The molecule has 21 heavy (non-hydrogen) atoms. The minimum absolute atomic E-state index is 0.710. The van der Waals surface area contributed by atoms with Crippen LogP contribution in [0.25, 0.3) is 0 Å². The summed E-state index contributed by atoms with van der Waals surface area (Å²) in [5.41, 5.74) is 3.38. The van der Waals surface area contributed by atoms with Crippen molar-refractivity contribution in [3.63, 3.8) is 0 Å². The fraction of sp³-hybridized carbons (Fsp3) is 0.412. The third-order valence-electron chi connectivity index (χ3n) is 3.73. The van der Waals surface area contributed by atoms with Gasteiger partial charge in [0.05, 0.1) is 12.2 Å². The first-order valence-electron chi connectivity index (χ1n) is 7.53. The predicted octanol–water partition coefficient (Wildman–Crippen LogP) is 2.67. The van der Waals surface area contributed by atoms with E-state index in [9.17, 15) is 0 Å². The Bertz CT molecular complexity index is 607. The molecule has 4 nitrogen and oxygen atoms in total. The number of nitrogens with one attached hydrogen (secondary N) is 1. The molecule has 1 aliphatic rings. The van der Waals surface area contributed by atoms with Crippen LogP contribution in [0.1, 0.15) is 29.8 Å². The molecule has 0 saturated heterocycles. The quantitative estimate of drug-likeness (QED) is 0.884. The summed E-state index contributed by atoms with van der Waals surface area (Å²) in [4.78, 5) is 11.3. The molecule has 1 aliphatic carbocycles. The molecule has 1 N–H and O–H groups in total. The van der Waals surface area contributed by atoms with Crippen LogP contribution >= 0.6 is 0 Å². The van der Waals surface area contributed by atoms with E-state index in [1.54, 1.807) is 0 Å². The summed E-state index contributed by atoms with van der Waals surface area (Å²) in [6.07, 6.45) is 4.47. The van der Waals surface area contributed by atoms with Crippen LogP contribution in [0, 0.1) is 6.92 Å². The van der Waals surface area contributed by atoms with Gasteiger partial charge in [-0.3, -0.25) is 4.98 Å². The van der Waals surface area contributed by atoms with E-state index in [-0.39, 0.29) is 0 Å². The Morgan fingerprint density at radius 2 is 2.10 bits per heavy atom. The molecule has 110 valence electrons. The van der Waals surface area contributed by atoms with Gasteiger partial charge in [0.1, 0.15) is 5.82 Å². The molecule has 0 radical (unpaired) electrons. The molecular formula is C17H22N4. The van der Waals surface area contributed by atoms with Crippen LogP contribution in [0.5, 0.6) is 0 Å². The molecule has 2 aromatic heterocycles. The summed E-state index contributed by atoms with van der Waals surface area (Å²) < 4.78 is 0. The van der Waals surface area contributed by atoms with Gasteiger partial charge in [0.25, 0.3) is 0 Å². The molecular weight excluding hydrogens is 260 g/mol. The number of rotatable bonds is 6. The maximum Gasteiger partial charge on any atom is 0.133 e. The van der Waals surface area contributed by atoms with Gasteiger partial charge < -0.3 is 10.2 Å². The summed E-state index contributed by atoms with van der Waals surface area (Å²) in [5.74, 6) is 1.04. The minimum Gasteiger partial charge on any atom is -0.354 e. The maximum atomic E-state index is 4.57. The summed E-state index contributed by atoms with van der Waals surface area (Å²) in [7, 11) is 2.08. The van der Waals surface area contributed by atoms with Gasteiger partial charge in [0.15, 0.2) is 0 Å². The SMILES string of the molecule is Cc1cccc(CN(C)c2ncccc2CNC2CC2)n1. The maximum absolute atomic E-state index is 4.57. The molecule has 0 bridgehead atoms. The van der Waals surface area contributed by atoms with Crippen molar-refractivity contribution in [3.8, 4) is 0 Å². The number of anilines is 1. The van der Waals surface area contributed by atoms with Gasteiger partial charge in [-0.15, -0.1) is 0 Å². The van der Waals surface area contributed by atoms with E-state index >= 15 is 0 Å². The van der Waals surface area contributed by atoms with Crippen LogP contribution in [-0.4, -0.2) is 23.1 Å². The average molecular weight is 282 g/mol. The lowest BCUT2D eigenvalue weighted by atomic mass is 10.2. The van der Waals surface area contributed by atoms with Crippen LogP contribution in [-0.2, 0) is 13.1 Å². The van der Waals surface area contributed by atoms with E-state index in [0.29, 0.717) is 6.04 Å². The molecule has 0 spiro atoms. The second-order valence-electron chi connectivity index (χ2n) is 5.77. The third kappa shape index (κ3) is 3.79. The van der Waals surface area contributed by atoms with Gasteiger partial charge in [-0.25, -0.2) is 4.98 Å². The van der Waals surface area contributed by atoms with Gasteiger partial charge >= 0.3 is 0 Å². The van der Waals surface area contributed by atoms with Gasteiger partial charge in [-0.2, -0.15) is 0 Å². The molecule has 0 unspecified atom stereocenters. The van der Waals surface area contributed by atoms with Crippen molar-refractivity contribution >= 4 is 5.82 Å². The highest BCUT2D eigenvalue weighted by Gasteiger charge is 2.21. The molecule has 3 rings (SSSR count). The summed E-state index contributed by atoms with van der Waals surface area (Å²) in [6, 6.07) is 11.0. The third-order valence-corrected chi connectivity index (χ3v) is 3.73. The standard InChI is InChI=1S/C17H22N4/c1-13-5-3-7-16(20-13)12-21(2)17-14(6-4-10-18-17)11-19-15-8-9-15/h3-7,10,15,19H,8-9,11-12H2,1-2H3. The second kappa shape index (κ2) is 6.22. The van der Waals surface area contributed by atoms with E-state index in [1.807, 2.05) is 25.3 Å². The van der Waals surface area contributed by atoms with Crippen molar-refractivity contribution < 1.29 is 0 Å². The topological polar surface area (TPSA) is 41.1 Å². The number of aryl methyl sites for hydroxylation is 1. The van der Waals surface area contributed by atoms with Crippen LogP contribution in [0.15, 0.2) is 36.5 Å². The normalized spacial score (nSPS) is 14.2. The number of pyridine rings is 2. The van der Waals surface area contributed by atoms with Gasteiger partial charge in [0.2, 0.25) is 0 Å². The molecule has 1 saturated carbocycles. The van der Waals surface area contributed by atoms with E-state index in [0.717, 1.165) is 30.3 Å². The van der Waals surface area contributed by atoms with E-state index in [4.69, 9.17) is 0 Å². The molecule has 0 atom stereocenters. The van der Waals surface area contributed by atoms with Crippen LogP contribution in [0.4, 0.5) is 5.82 Å². The van der Waals surface area contributed by atoms with E-state index in [1.165, 1.54) is 18.4 Å². The molecule has 4 heteroatoms. The van der Waals surface area contributed by atoms with Crippen molar-refractivity contribution in [1.82, 2.24) is 15.3 Å². The number of aromatic nitrogens is 2. The van der Waals surface area contributed by atoms with Gasteiger partial charge in [0, 0.05) is 37.1 Å². The lowest BCUT2D eigenvalue weighted by molar-refractivity contribution is 0.682. The Kier molecular flexibility index (Phi) is 4.15. The number of nitrogens with zero attached hydrogens (tertiary/aromatic N) is 3. The first-order valence-corrected chi connectivity index (χ1v) is 7.53. The lowest BCUT2D eigenvalue weighted by Gasteiger charge is -2.21. The smallest absolute Gasteiger partial charge is 0.133 e. The zero-order valence-corrected chi connectivity index (χ0v) is 12.7. The molecule has 1 fully saturated rings. The number of hydrogen-bond donors (Lipinski definition) is 1. The lowest BCUT2D eigenvalue weighted by Crippen LogP contribution is -2.23. The Morgan fingerprint density at radius 1 is 1.24 bits per heavy atom. The molecule has 0 aromatic carbocycles. The van der Waals surface area contributed by atoms with Crippen LogP contribution < -0.4 is 10.2 Å². The summed E-state index contributed by atoms with van der Waals surface area (Å²) in [5, 5.41) is 3.56. The van der Waals surface area contributed by atoms with Crippen LogP contribution in [0.2, 0.25) is 0 Å². The monoisotopic (exact) mass is 282 g/mol. The first kappa shape index (κ1) is 14.0.